The first-order valence-corrected chi connectivity index (χ1v) is 6.31. The Morgan fingerprint density at radius 2 is 2.16 bits per heavy atom. The fourth-order valence-electron chi connectivity index (χ4n) is 1.50. The Kier molecular flexibility index (Phi) is 5.79. The van der Waals surface area contributed by atoms with Gasteiger partial charge in [0.25, 0.3) is 0 Å². The molecule has 0 saturated carbocycles. The highest BCUT2D eigenvalue weighted by atomic mass is 35.5. The van der Waals surface area contributed by atoms with Gasteiger partial charge in [0.15, 0.2) is 0 Å². The van der Waals surface area contributed by atoms with E-state index in [9.17, 15) is 9.59 Å². The molecule has 6 heteroatoms. The largest absolute Gasteiger partial charge is 0.336 e. The number of carbonyl (C=O) groups is 2. The highest BCUT2D eigenvalue weighted by Crippen LogP contribution is 2.14. The lowest BCUT2D eigenvalue weighted by atomic mass is 10.2. The Labute approximate surface area is 117 Å². The Bertz CT molecular complexity index is 463. The van der Waals surface area contributed by atoms with Crippen LogP contribution in [0.3, 0.4) is 0 Å². The zero-order valence-electron chi connectivity index (χ0n) is 11.0. The highest BCUT2D eigenvalue weighted by Gasteiger charge is 2.14. The summed E-state index contributed by atoms with van der Waals surface area (Å²) in [5, 5.41) is 3.21. The molecule has 1 atom stereocenters. The molecule has 19 heavy (non-hydrogen) atoms. The molecule has 5 nitrogen and oxygen atoms in total. The quantitative estimate of drug-likeness (QED) is 0.859. The van der Waals surface area contributed by atoms with Crippen molar-refractivity contribution in [2.75, 3.05) is 18.9 Å². The molecule has 0 aliphatic carbocycles. The molecule has 0 heterocycles. The van der Waals surface area contributed by atoms with Gasteiger partial charge in [-0.2, -0.15) is 0 Å². The molecule has 1 aromatic rings. The summed E-state index contributed by atoms with van der Waals surface area (Å²) in [4.78, 5) is 24.7. The van der Waals surface area contributed by atoms with E-state index in [0.29, 0.717) is 10.7 Å². The molecule has 0 fully saturated rings. The standard InChI is InChI=1S/C13H18ClN3O2/c1-9(15)6-13(19)17(2)8-12(18)16-11-5-3-4-10(14)7-11/h3-5,7,9H,6,8,15H2,1-2H3,(H,16,18). The van der Waals surface area contributed by atoms with Crippen molar-refractivity contribution in [3.05, 3.63) is 29.3 Å². The molecule has 3 N–H and O–H groups in total. The molecular weight excluding hydrogens is 266 g/mol. The van der Waals surface area contributed by atoms with Crippen LogP contribution >= 0.6 is 11.6 Å². The first-order valence-electron chi connectivity index (χ1n) is 5.93. The number of nitrogens with one attached hydrogen (secondary N) is 1. The van der Waals surface area contributed by atoms with E-state index in [1.54, 1.807) is 38.2 Å². The van der Waals surface area contributed by atoms with Crippen LogP contribution in [0.4, 0.5) is 5.69 Å². The van der Waals surface area contributed by atoms with E-state index in [4.69, 9.17) is 17.3 Å². The molecule has 0 aliphatic rings. The molecule has 0 radical (unpaired) electrons. The van der Waals surface area contributed by atoms with E-state index < -0.39 is 0 Å². The zero-order valence-corrected chi connectivity index (χ0v) is 11.8. The van der Waals surface area contributed by atoms with Crippen LogP contribution in [-0.4, -0.2) is 36.3 Å². The molecule has 0 bridgehead atoms. The summed E-state index contributed by atoms with van der Waals surface area (Å²) < 4.78 is 0. The second-order valence-electron chi connectivity index (χ2n) is 4.49. The second-order valence-corrected chi connectivity index (χ2v) is 4.93. The van der Waals surface area contributed by atoms with Gasteiger partial charge >= 0.3 is 0 Å². The van der Waals surface area contributed by atoms with Crippen LogP contribution in [0, 0.1) is 0 Å². The van der Waals surface area contributed by atoms with Crippen molar-refractivity contribution in [2.45, 2.75) is 19.4 Å². The van der Waals surface area contributed by atoms with Crippen molar-refractivity contribution in [1.82, 2.24) is 4.90 Å². The predicted molar refractivity (Wildman–Crippen MR) is 76.0 cm³/mol. The van der Waals surface area contributed by atoms with Gasteiger partial charge in [-0.1, -0.05) is 17.7 Å². The molecule has 1 aromatic carbocycles. The number of benzene rings is 1. The Balaban J connectivity index is 2.49. The number of hydrogen-bond donors (Lipinski definition) is 2. The van der Waals surface area contributed by atoms with Gasteiger partial charge in [0.05, 0.1) is 6.54 Å². The van der Waals surface area contributed by atoms with Gasteiger partial charge in [-0.3, -0.25) is 9.59 Å². The third-order valence-electron chi connectivity index (χ3n) is 2.41. The molecule has 0 saturated heterocycles. The molecule has 2 amide bonds. The van der Waals surface area contributed by atoms with Crippen molar-refractivity contribution < 1.29 is 9.59 Å². The number of likely N-dealkylation sites (N-methyl/N-ethyl adjacent to an activating group) is 1. The maximum atomic E-state index is 11.7. The molecule has 0 aromatic heterocycles. The second kappa shape index (κ2) is 7.11. The van der Waals surface area contributed by atoms with Crippen LogP contribution in [-0.2, 0) is 9.59 Å². The lowest BCUT2D eigenvalue weighted by Crippen LogP contribution is -2.37. The van der Waals surface area contributed by atoms with Gasteiger partial charge in [-0.05, 0) is 25.1 Å². The van der Waals surface area contributed by atoms with Gasteiger partial charge in [-0.25, -0.2) is 0 Å². The maximum Gasteiger partial charge on any atom is 0.243 e. The van der Waals surface area contributed by atoms with Crippen molar-refractivity contribution in [3.8, 4) is 0 Å². The van der Waals surface area contributed by atoms with Crippen LogP contribution < -0.4 is 11.1 Å². The number of rotatable bonds is 5. The lowest BCUT2D eigenvalue weighted by molar-refractivity contribution is -0.133. The van der Waals surface area contributed by atoms with Crippen LogP contribution in [0.15, 0.2) is 24.3 Å². The summed E-state index contributed by atoms with van der Waals surface area (Å²) in [6.45, 7) is 1.73. The van der Waals surface area contributed by atoms with Crippen LogP contribution in [0.5, 0.6) is 0 Å². The third-order valence-corrected chi connectivity index (χ3v) is 2.65. The molecular formula is C13H18ClN3O2. The number of amides is 2. The van der Waals surface area contributed by atoms with Crippen molar-refractivity contribution in [3.63, 3.8) is 0 Å². The summed E-state index contributed by atoms with van der Waals surface area (Å²) in [6, 6.07) is 6.61. The Hall–Kier alpha value is -1.59. The van der Waals surface area contributed by atoms with Crippen LogP contribution in [0.25, 0.3) is 0 Å². The van der Waals surface area contributed by atoms with E-state index in [1.807, 2.05) is 0 Å². The summed E-state index contributed by atoms with van der Waals surface area (Å²) in [5.74, 6) is -0.431. The minimum absolute atomic E-state index is 0.0158. The minimum Gasteiger partial charge on any atom is -0.336 e. The first-order chi connectivity index (χ1) is 8.88. The first kappa shape index (κ1) is 15.5. The lowest BCUT2D eigenvalue weighted by Gasteiger charge is -2.17. The van der Waals surface area contributed by atoms with Crippen molar-refractivity contribution in [1.29, 1.82) is 0 Å². The van der Waals surface area contributed by atoms with Gasteiger partial charge in [0.1, 0.15) is 0 Å². The zero-order chi connectivity index (χ0) is 14.4. The SMILES string of the molecule is CC(N)CC(=O)N(C)CC(=O)Nc1cccc(Cl)c1. The van der Waals surface area contributed by atoms with Gasteiger partial charge in [-0.15, -0.1) is 0 Å². The molecule has 104 valence electrons. The molecule has 1 unspecified atom stereocenters. The van der Waals surface area contributed by atoms with E-state index in [1.165, 1.54) is 4.90 Å². The Morgan fingerprint density at radius 3 is 2.74 bits per heavy atom. The fraction of sp³-hybridized carbons (Fsp3) is 0.385. The summed E-state index contributed by atoms with van der Waals surface area (Å²) >= 11 is 5.81. The minimum atomic E-state index is -0.275. The third kappa shape index (κ3) is 5.72. The summed E-state index contributed by atoms with van der Waals surface area (Å²) in [5.41, 5.74) is 6.14. The van der Waals surface area contributed by atoms with Gasteiger partial charge in [0.2, 0.25) is 11.8 Å². The molecule has 1 rings (SSSR count). The number of nitrogens with zero attached hydrogens (tertiary/aromatic N) is 1. The van der Waals surface area contributed by atoms with E-state index in [0.717, 1.165) is 0 Å². The van der Waals surface area contributed by atoms with E-state index >= 15 is 0 Å². The highest BCUT2D eigenvalue weighted by molar-refractivity contribution is 6.30. The normalized spacial score (nSPS) is 11.8. The number of nitrogens with two attached hydrogens (primary N) is 1. The summed E-state index contributed by atoms with van der Waals surface area (Å²) in [7, 11) is 1.57. The predicted octanol–water partition coefficient (Wildman–Crippen LogP) is 1.47. The van der Waals surface area contributed by atoms with E-state index in [2.05, 4.69) is 5.32 Å². The average Bonchev–Trinajstić information content (AvgIpc) is 2.27. The fourth-order valence-corrected chi connectivity index (χ4v) is 1.69. The average molecular weight is 284 g/mol. The molecule has 0 spiro atoms. The number of anilines is 1. The van der Waals surface area contributed by atoms with Crippen LogP contribution in [0.2, 0.25) is 5.02 Å². The number of carbonyl (C=O) groups excluding carboxylic acids is 2. The number of halogens is 1. The van der Waals surface area contributed by atoms with Gasteiger partial charge < -0.3 is 16.0 Å². The smallest absolute Gasteiger partial charge is 0.243 e. The van der Waals surface area contributed by atoms with Crippen molar-refractivity contribution >= 4 is 29.1 Å². The Morgan fingerprint density at radius 1 is 1.47 bits per heavy atom. The molecule has 0 aliphatic heterocycles. The monoisotopic (exact) mass is 283 g/mol. The van der Waals surface area contributed by atoms with Gasteiger partial charge in [0, 0.05) is 30.2 Å². The van der Waals surface area contributed by atoms with E-state index in [-0.39, 0.29) is 30.8 Å². The maximum absolute atomic E-state index is 11.7. The van der Waals surface area contributed by atoms with Crippen LogP contribution in [0.1, 0.15) is 13.3 Å². The van der Waals surface area contributed by atoms with Crippen molar-refractivity contribution in [2.24, 2.45) is 5.73 Å². The topological polar surface area (TPSA) is 75.4 Å². The summed E-state index contributed by atoms with van der Waals surface area (Å²) in [6.07, 6.45) is 0.223. The number of hydrogen-bond acceptors (Lipinski definition) is 3.